The van der Waals surface area contributed by atoms with Gasteiger partial charge in [-0.3, -0.25) is 4.79 Å². The molecule has 0 aliphatic carbocycles. The topological polar surface area (TPSA) is 61.5 Å². The molecule has 0 aromatic carbocycles. The third kappa shape index (κ3) is 1.47. The third-order valence-electron chi connectivity index (χ3n) is 3.38. The van der Waals surface area contributed by atoms with Gasteiger partial charge in [0.2, 0.25) is 0 Å². The van der Waals surface area contributed by atoms with E-state index in [9.17, 15) is 4.79 Å². The van der Waals surface area contributed by atoms with Crippen molar-refractivity contribution in [2.75, 3.05) is 26.4 Å². The number of ether oxygens (including phenoxy) is 2. The molecule has 0 aromatic heterocycles. The Morgan fingerprint density at radius 3 is 2.71 bits per heavy atom. The minimum atomic E-state index is -0.488. The molecule has 0 radical (unpaired) electrons. The van der Waals surface area contributed by atoms with Crippen LogP contribution in [-0.2, 0) is 14.3 Å². The first kappa shape index (κ1) is 10.1. The standard InChI is InChI=1S/C10H17NO3/c1-10(6-14-5-8(10)11)9(12)7-2-3-13-4-7/h7-8H,2-6,11H2,1H3. The summed E-state index contributed by atoms with van der Waals surface area (Å²) in [6.45, 7) is 4.12. The maximum absolute atomic E-state index is 12.1. The molecule has 0 aromatic rings. The van der Waals surface area contributed by atoms with Crippen LogP contribution in [0.1, 0.15) is 13.3 Å². The lowest BCUT2D eigenvalue weighted by Gasteiger charge is -2.27. The molecule has 2 fully saturated rings. The molecule has 0 bridgehead atoms. The molecule has 0 amide bonds. The molecule has 0 saturated carbocycles. The average molecular weight is 199 g/mol. The van der Waals surface area contributed by atoms with Crippen LogP contribution in [0.4, 0.5) is 0 Å². The van der Waals surface area contributed by atoms with E-state index in [0.717, 1.165) is 6.42 Å². The Morgan fingerprint density at radius 1 is 1.43 bits per heavy atom. The lowest BCUT2D eigenvalue weighted by atomic mass is 9.76. The van der Waals surface area contributed by atoms with Gasteiger partial charge in [-0.25, -0.2) is 0 Å². The van der Waals surface area contributed by atoms with E-state index in [2.05, 4.69) is 0 Å². The molecule has 3 unspecified atom stereocenters. The van der Waals surface area contributed by atoms with Crippen LogP contribution in [0.5, 0.6) is 0 Å². The minimum absolute atomic E-state index is 0.0350. The van der Waals surface area contributed by atoms with Gasteiger partial charge in [-0.05, 0) is 13.3 Å². The zero-order valence-electron chi connectivity index (χ0n) is 8.49. The summed E-state index contributed by atoms with van der Waals surface area (Å²) < 4.78 is 10.5. The smallest absolute Gasteiger partial charge is 0.148 e. The summed E-state index contributed by atoms with van der Waals surface area (Å²) in [6, 6.07) is -0.157. The van der Waals surface area contributed by atoms with Crippen LogP contribution < -0.4 is 5.73 Å². The molecule has 80 valence electrons. The van der Waals surface area contributed by atoms with Crippen molar-refractivity contribution in [3.05, 3.63) is 0 Å². The number of hydrogen-bond donors (Lipinski definition) is 1. The van der Waals surface area contributed by atoms with Crippen molar-refractivity contribution < 1.29 is 14.3 Å². The van der Waals surface area contributed by atoms with Gasteiger partial charge in [0.1, 0.15) is 5.78 Å². The first-order chi connectivity index (χ1) is 6.64. The van der Waals surface area contributed by atoms with E-state index in [1.165, 1.54) is 0 Å². The Morgan fingerprint density at radius 2 is 2.21 bits per heavy atom. The largest absolute Gasteiger partial charge is 0.381 e. The van der Waals surface area contributed by atoms with Crippen LogP contribution in [0.15, 0.2) is 0 Å². The fourth-order valence-electron chi connectivity index (χ4n) is 2.15. The molecular weight excluding hydrogens is 182 g/mol. The Bertz CT molecular complexity index is 238. The molecule has 2 heterocycles. The van der Waals surface area contributed by atoms with Gasteiger partial charge < -0.3 is 15.2 Å². The molecular formula is C10H17NO3. The summed E-state index contributed by atoms with van der Waals surface area (Å²) >= 11 is 0. The Balaban J connectivity index is 2.08. The third-order valence-corrected chi connectivity index (χ3v) is 3.38. The predicted octanol–water partition coefficient (Wildman–Crippen LogP) is -0.0442. The minimum Gasteiger partial charge on any atom is -0.381 e. The Hall–Kier alpha value is -0.450. The zero-order chi connectivity index (χ0) is 10.2. The van der Waals surface area contributed by atoms with Gasteiger partial charge in [0.15, 0.2) is 0 Å². The van der Waals surface area contributed by atoms with Crippen LogP contribution in [-0.4, -0.2) is 38.3 Å². The van der Waals surface area contributed by atoms with E-state index >= 15 is 0 Å². The highest BCUT2D eigenvalue weighted by Crippen LogP contribution is 2.33. The van der Waals surface area contributed by atoms with Crippen LogP contribution in [0, 0.1) is 11.3 Å². The van der Waals surface area contributed by atoms with E-state index in [4.69, 9.17) is 15.2 Å². The van der Waals surface area contributed by atoms with E-state index in [1.54, 1.807) is 0 Å². The fraction of sp³-hybridized carbons (Fsp3) is 0.900. The van der Waals surface area contributed by atoms with E-state index in [1.807, 2.05) is 6.92 Å². The lowest BCUT2D eigenvalue weighted by molar-refractivity contribution is -0.132. The molecule has 0 spiro atoms. The molecule has 2 N–H and O–H groups in total. The maximum Gasteiger partial charge on any atom is 0.148 e. The average Bonchev–Trinajstić information content (AvgIpc) is 2.77. The summed E-state index contributed by atoms with van der Waals surface area (Å²) in [5.74, 6) is 0.257. The summed E-state index contributed by atoms with van der Waals surface area (Å²) in [5.41, 5.74) is 5.41. The molecule has 3 atom stereocenters. The molecule has 2 aliphatic rings. The van der Waals surface area contributed by atoms with Crippen molar-refractivity contribution >= 4 is 5.78 Å². The van der Waals surface area contributed by atoms with Crippen LogP contribution >= 0.6 is 0 Å². The van der Waals surface area contributed by atoms with Crippen LogP contribution in [0.2, 0.25) is 0 Å². The normalized spacial score (nSPS) is 43.0. The zero-order valence-corrected chi connectivity index (χ0v) is 8.49. The maximum atomic E-state index is 12.1. The summed E-state index contributed by atoms with van der Waals surface area (Å²) in [6.07, 6.45) is 0.834. The number of ketones is 1. The predicted molar refractivity (Wildman–Crippen MR) is 50.8 cm³/mol. The highest BCUT2D eigenvalue weighted by molar-refractivity contribution is 5.88. The first-order valence-electron chi connectivity index (χ1n) is 5.10. The van der Waals surface area contributed by atoms with Crippen molar-refractivity contribution in [2.45, 2.75) is 19.4 Å². The van der Waals surface area contributed by atoms with E-state index in [0.29, 0.717) is 26.4 Å². The van der Waals surface area contributed by atoms with Gasteiger partial charge >= 0.3 is 0 Å². The lowest BCUT2D eigenvalue weighted by Crippen LogP contribution is -2.47. The number of Topliss-reactive ketones (excluding diaryl/α,β-unsaturated/α-hetero) is 1. The highest BCUT2D eigenvalue weighted by Gasteiger charge is 2.47. The molecule has 14 heavy (non-hydrogen) atoms. The van der Waals surface area contributed by atoms with Crippen molar-refractivity contribution in [1.82, 2.24) is 0 Å². The molecule has 2 rings (SSSR count). The first-order valence-corrected chi connectivity index (χ1v) is 5.10. The van der Waals surface area contributed by atoms with Gasteiger partial charge in [-0.2, -0.15) is 0 Å². The quantitative estimate of drug-likeness (QED) is 0.677. The van der Waals surface area contributed by atoms with Crippen LogP contribution in [0.3, 0.4) is 0 Å². The summed E-state index contributed by atoms with van der Waals surface area (Å²) in [4.78, 5) is 12.1. The number of carbonyl (C=O) groups is 1. The van der Waals surface area contributed by atoms with Crippen molar-refractivity contribution in [2.24, 2.45) is 17.1 Å². The van der Waals surface area contributed by atoms with Crippen molar-refractivity contribution in [3.63, 3.8) is 0 Å². The second-order valence-corrected chi connectivity index (χ2v) is 4.46. The second kappa shape index (κ2) is 3.61. The highest BCUT2D eigenvalue weighted by atomic mass is 16.5. The second-order valence-electron chi connectivity index (χ2n) is 4.46. The van der Waals surface area contributed by atoms with Gasteiger partial charge in [0.25, 0.3) is 0 Å². The molecule has 4 heteroatoms. The van der Waals surface area contributed by atoms with Crippen molar-refractivity contribution in [3.8, 4) is 0 Å². The van der Waals surface area contributed by atoms with Gasteiger partial charge in [-0.15, -0.1) is 0 Å². The number of nitrogens with two attached hydrogens (primary N) is 1. The molecule has 2 saturated heterocycles. The molecule has 4 nitrogen and oxygen atoms in total. The fourth-order valence-corrected chi connectivity index (χ4v) is 2.15. The Kier molecular flexibility index (Phi) is 2.60. The Labute approximate surface area is 83.7 Å². The van der Waals surface area contributed by atoms with E-state index < -0.39 is 5.41 Å². The summed E-state index contributed by atoms with van der Waals surface area (Å²) in [5, 5.41) is 0. The number of carbonyl (C=O) groups excluding carboxylic acids is 1. The van der Waals surface area contributed by atoms with Gasteiger partial charge in [-0.1, -0.05) is 0 Å². The number of hydrogen-bond acceptors (Lipinski definition) is 4. The summed E-state index contributed by atoms with van der Waals surface area (Å²) in [7, 11) is 0. The van der Waals surface area contributed by atoms with Gasteiger partial charge in [0, 0.05) is 18.6 Å². The van der Waals surface area contributed by atoms with Gasteiger partial charge in [0.05, 0.1) is 25.2 Å². The van der Waals surface area contributed by atoms with Crippen LogP contribution in [0.25, 0.3) is 0 Å². The number of rotatable bonds is 2. The van der Waals surface area contributed by atoms with Crippen molar-refractivity contribution in [1.29, 1.82) is 0 Å². The molecule has 2 aliphatic heterocycles. The SMILES string of the molecule is CC1(C(=O)C2CCOC2)COCC1N. The van der Waals surface area contributed by atoms with E-state index in [-0.39, 0.29) is 17.7 Å². The monoisotopic (exact) mass is 199 g/mol.